The van der Waals surface area contributed by atoms with Crippen LogP contribution in [0.4, 0.5) is 0 Å². The van der Waals surface area contributed by atoms with Crippen molar-refractivity contribution in [2.75, 3.05) is 26.2 Å². The molecule has 2 aliphatic rings. The van der Waals surface area contributed by atoms with Crippen molar-refractivity contribution in [2.24, 2.45) is 5.92 Å². The second kappa shape index (κ2) is 9.03. The number of rotatable bonds is 6. The van der Waals surface area contributed by atoms with Crippen LogP contribution in [0, 0.1) is 5.92 Å². The molecule has 8 heteroatoms. The first-order valence-corrected chi connectivity index (χ1v) is 10.3. The molecule has 0 saturated carbocycles. The number of carbonyl (C=O) groups is 1. The van der Waals surface area contributed by atoms with Gasteiger partial charge in [-0.25, -0.2) is 0 Å². The van der Waals surface area contributed by atoms with Crippen LogP contribution < -0.4 is 5.32 Å². The number of likely N-dealkylation sites (tertiary alicyclic amines) is 1. The van der Waals surface area contributed by atoms with Gasteiger partial charge in [0.1, 0.15) is 0 Å². The fourth-order valence-corrected chi connectivity index (χ4v) is 4.00. The first kappa shape index (κ1) is 19.4. The van der Waals surface area contributed by atoms with Crippen LogP contribution in [-0.4, -0.2) is 53.3 Å². The number of ether oxygens (including phenoxy) is 1. The molecule has 0 radical (unpaired) electrons. The summed E-state index contributed by atoms with van der Waals surface area (Å²) < 4.78 is 11.0. The number of aromatic nitrogens is 2. The Morgan fingerprint density at radius 3 is 2.82 bits per heavy atom. The predicted octanol–water partition coefficient (Wildman–Crippen LogP) is 2.90. The topological polar surface area (TPSA) is 80.5 Å². The summed E-state index contributed by atoms with van der Waals surface area (Å²) in [6, 6.07) is 7.44. The van der Waals surface area contributed by atoms with E-state index in [2.05, 4.69) is 20.4 Å². The summed E-state index contributed by atoms with van der Waals surface area (Å²) in [6.07, 6.45) is 3.99. The van der Waals surface area contributed by atoms with Crippen LogP contribution in [0.5, 0.6) is 0 Å². The van der Waals surface area contributed by atoms with Crippen molar-refractivity contribution in [1.82, 2.24) is 20.4 Å². The molecule has 1 aromatic heterocycles. The minimum absolute atomic E-state index is 0.0685. The average molecular weight is 405 g/mol. The third-order valence-corrected chi connectivity index (χ3v) is 5.76. The molecule has 28 heavy (non-hydrogen) atoms. The van der Waals surface area contributed by atoms with Gasteiger partial charge in [-0.3, -0.25) is 9.69 Å². The highest BCUT2D eigenvalue weighted by molar-refractivity contribution is 6.33. The van der Waals surface area contributed by atoms with Crippen molar-refractivity contribution in [1.29, 1.82) is 0 Å². The monoisotopic (exact) mass is 404 g/mol. The van der Waals surface area contributed by atoms with Gasteiger partial charge < -0.3 is 14.6 Å². The second-order valence-electron chi connectivity index (χ2n) is 7.42. The van der Waals surface area contributed by atoms with Crippen LogP contribution >= 0.6 is 11.6 Å². The van der Waals surface area contributed by atoms with Crippen LogP contribution in [0.3, 0.4) is 0 Å². The van der Waals surface area contributed by atoms with Gasteiger partial charge in [-0.15, -0.1) is 0 Å². The van der Waals surface area contributed by atoms with E-state index in [1.54, 1.807) is 0 Å². The molecule has 0 spiro atoms. The van der Waals surface area contributed by atoms with Crippen molar-refractivity contribution in [3.8, 4) is 11.4 Å². The van der Waals surface area contributed by atoms with E-state index in [9.17, 15) is 4.79 Å². The second-order valence-corrected chi connectivity index (χ2v) is 7.83. The van der Waals surface area contributed by atoms with Crippen molar-refractivity contribution >= 4 is 17.5 Å². The zero-order chi connectivity index (χ0) is 19.3. The molecule has 3 heterocycles. The summed E-state index contributed by atoms with van der Waals surface area (Å²) in [5.74, 6) is 1.29. The number of halogens is 1. The number of carbonyl (C=O) groups excluding carboxylic acids is 1. The summed E-state index contributed by atoms with van der Waals surface area (Å²) in [4.78, 5) is 19.1. The molecule has 2 fully saturated rings. The third-order valence-electron chi connectivity index (χ3n) is 5.43. The molecular weight excluding hydrogens is 380 g/mol. The quantitative estimate of drug-likeness (QED) is 0.797. The van der Waals surface area contributed by atoms with E-state index in [4.69, 9.17) is 20.9 Å². The van der Waals surface area contributed by atoms with Gasteiger partial charge in [0.2, 0.25) is 17.6 Å². The normalized spacial score (nSPS) is 21.1. The maximum absolute atomic E-state index is 12.4. The van der Waals surface area contributed by atoms with E-state index in [1.807, 2.05) is 24.3 Å². The Hall–Kier alpha value is -1.96. The molecular formula is C20H25ClN4O3. The lowest BCUT2D eigenvalue weighted by Crippen LogP contribution is -2.42. The fourth-order valence-electron chi connectivity index (χ4n) is 3.78. The summed E-state index contributed by atoms with van der Waals surface area (Å²) in [5.41, 5.74) is 0.765. The van der Waals surface area contributed by atoms with E-state index in [0.29, 0.717) is 29.8 Å². The lowest BCUT2D eigenvalue weighted by atomic mass is 9.96. The molecule has 1 aromatic carbocycles. The summed E-state index contributed by atoms with van der Waals surface area (Å²) in [7, 11) is 0. The highest BCUT2D eigenvalue weighted by Gasteiger charge is 2.27. The zero-order valence-corrected chi connectivity index (χ0v) is 16.5. The Bertz CT molecular complexity index is 798. The molecule has 2 saturated heterocycles. The van der Waals surface area contributed by atoms with Crippen LogP contribution in [0.2, 0.25) is 5.02 Å². The Balaban J connectivity index is 1.24. The number of nitrogens with zero attached hydrogens (tertiary/aromatic N) is 3. The van der Waals surface area contributed by atoms with Gasteiger partial charge >= 0.3 is 0 Å². The number of hydrogen-bond donors (Lipinski definition) is 1. The zero-order valence-electron chi connectivity index (χ0n) is 15.8. The van der Waals surface area contributed by atoms with E-state index in [0.717, 1.165) is 50.9 Å². The van der Waals surface area contributed by atoms with Crippen molar-refractivity contribution in [3.63, 3.8) is 0 Å². The van der Waals surface area contributed by atoms with Gasteiger partial charge in [0.05, 0.1) is 17.7 Å². The number of amides is 1. The number of hydrogen-bond acceptors (Lipinski definition) is 6. The largest absolute Gasteiger partial charge is 0.376 e. The van der Waals surface area contributed by atoms with E-state index in [-0.39, 0.29) is 17.9 Å². The first-order chi connectivity index (χ1) is 13.7. The molecule has 2 aliphatic heterocycles. The summed E-state index contributed by atoms with van der Waals surface area (Å²) in [5, 5.41) is 7.70. The number of piperidine rings is 1. The minimum atomic E-state index is 0.0685. The molecule has 1 atom stereocenters. The number of nitrogens with one attached hydrogen (secondary N) is 1. The van der Waals surface area contributed by atoms with Gasteiger partial charge in [0.15, 0.2) is 0 Å². The average Bonchev–Trinajstić information content (AvgIpc) is 3.39. The molecule has 2 aromatic rings. The molecule has 0 aliphatic carbocycles. The first-order valence-electron chi connectivity index (χ1n) is 9.88. The minimum Gasteiger partial charge on any atom is -0.376 e. The van der Waals surface area contributed by atoms with Crippen LogP contribution in [-0.2, 0) is 16.1 Å². The molecule has 150 valence electrons. The number of benzene rings is 1. The maximum atomic E-state index is 12.4. The fraction of sp³-hybridized carbons (Fsp3) is 0.550. The predicted molar refractivity (Wildman–Crippen MR) is 105 cm³/mol. The summed E-state index contributed by atoms with van der Waals surface area (Å²) in [6.45, 7) is 3.70. The lowest BCUT2D eigenvalue weighted by Gasteiger charge is -2.30. The van der Waals surface area contributed by atoms with E-state index in [1.165, 1.54) is 0 Å². The third kappa shape index (κ3) is 4.71. The Morgan fingerprint density at radius 1 is 1.25 bits per heavy atom. The molecule has 1 N–H and O–H groups in total. The van der Waals surface area contributed by atoms with Crippen molar-refractivity contribution < 1.29 is 14.1 Å². The maximum Gasteiger partial charge on any atom is 0.241 e. The van der Waals surface area contributed by atoms with Crippen LogP contribution in [0.1, 0.15) is 31.6 Å². The molecule has 0 bridgehead atoms. The lowest BCUT2D eigenvalue weighted by molar-refractivity contribution is -0.127. The van der Waals surface area contributed by atoms with Crippen molar-refractivity contribution in [2.45, 2.75) is 38.3 Å². The Morgan fingerprint density at radius 2 is 2.07 bits per heavy atom. The van der Waals surface area contributed by atoms with Gasteiger partial charge in [-0.2, -0.15) is 4.98 Å². The van der Waals surface area contributed by atoms with Gasteiger partial charge in [0, 0.05) is 24.6 Å². The van der Waals surface area contributed by atoms with E-state index < -0.39 is 0 Å². The standard InChI is InChI=1S/C20H25ClN4O3/c21-17-6-2-1-5-16(17)19-23-18(28-24-19)13-25-9-7-14(8-10-25)20(26)22-12-15-4-3-11-27-15/h1-2,5-6,14-15H,3-4,7-13H2,(H,22,26). The Labute approximate surface area is 169 Å². The van der Waals surface area contributed by atoms with Gasteiger partial charge in [-0.05, 0) is 50.9 Å². The van der Waals surface area contributed by atoms with Crippen molar-refractivity contribution in [3.05, 3.63) is 35.2 Å². The molecule has 4 rings (SSSR count). The van der Waals surface area contributed by atoms with E-state index >= 15 is 0 Å². The smallest absolute Gasteiger partial charge is 0.241 e. The van der Waals surface area contributed by atoms with Gasteiger partial charge in [-0.1, -0.05) is 28.9 Å². The highest BCUT2D eigenvalue weighted by Crippen LogP contribution is 2.25. The SMILES string of the molecule is O=C(NCC1CCCO1)C1CCN(Cc2nc(-c3ccccc3Cl)no2)CC1. The molecule has 1 amide bonds. The van der Waals surface area contributed by atoms with Crippen LogP contribution in [0.25, 0.3) is 11.4 Å². The Kier molecular flexibility index (Phi) is 6.24. The molecule has 7 nitrogen and oxygen atoms in total. The highest BCUT2D eigenvalue weighted by atomic mass is 35.5. The summed E-state index contributed by atoms with van der Waals surface area (Å²) >= 11 is 6.19. The molecule has 1 unspecified atom stereocenters. The van der Waals surface area contributed by atoms with Gasteiger partial charge in [0.25, 0.3) is 0 Å². The van der Waals surface area contributed by atoms with Crippen LogP contribution in [0.15, 0.2) is 28.8 Å².